The maximum atomic E-state index is 5.98. The number of likely N-dealkylation sites (tertiary alicyclic amines) is 1. The lowest BCUT2D eigenvalue weighted by molar-refractivity contribution is 0.250. The van der Waals surface area contributed by atoms with Gasteiger partial charge in [-0.25, -0.2) is 4.99 Å². The zero-order valence-corrected chi connectivity index (χ0v) is 9.08. The molecule has 2 fully saturated rings. The first-order chi connectivity index (χ1) is 6.79. The van der Waals surface area contributed by atoms with Gasteiger partial charge in [0.25, 0.3) is 0 Å². The summed E-state index contributed by atoms with van der Waals surface area (Å²) in [6.07, 6.45) is 6.40. The lowest BCUT2D eigenvalue weighted by Gasteiger charge is -2.33. The molecule has 0 aromatic heterocycles. The van der Waals surface area contributed by atoms with Crippen molar-refractivity contribution in [2.24, 2.45) is 16.6 Å². The summed E-state index contributed by atoms with van der Waals surface area (Å²) in [5.74, 6) is 1.63. The molecule has 1 heterocycles. The molecule has 2 N–H and O–H groups in total. The van der Waals surface area contributed by atoms with Gasteiger partial charge in [-0.1, -0.05) is 13.3 Å². The van der Waals surface area contributed by atoms with E-state index >= 15 is 0 Å². The maximum Gasteiger partial charge on any atom is 0.191 e. The van der Waals surface area contributed by atoms with E-state index in [1.165, 1.54) is 32.1 Å². The fraction of sp³-hybridized carbons (Fsp3) is 0.909. The molecule has 80 valence electrons. The molecular weight excluding hydrogens is 174 g/mol. The molecule has 1 aliphatic carbocycles. The first kappa shape index (κ1) is 9.81. The number of hydrogen-bond donors (Lipinski definition) is 1. The zero-order chi connectivity index (χ0) is 9.97. The molecular formula is C11H21N3. The van der Waals surface area contributed by atoms with Gasteiger partial charge in [0.1, 0.15) is 0 Å². The van der Waals surface area contributed by atoms with Crippen molar-refractivity contribution in [3.05, 3.63) is 0 Å². The highest BCUT2D eigenvalue weighted by Gasteiger charge is 2.24. The molecule has 0 spiro atoms. The van der Waals surface area contributed by atoms with Crippen LogP contribution in [0.5, 0.6) is 0 Å². The smallest absolute Gasteiger partial charge is 0.191 e. The van der Waals surface area contributed by atoms with Crippen molar-refractivity contribution < 1.29 is 0 Å². The summed E-state index contributed by atoms with van der Waals surface area (Å²) >= 11 is 0. The quantitative estimate of drug-likeness (QED) is 0.537. The standard InChI is InChI=1S/C11H21N3/c1-2-9-4-3-7-14(8-9)11(12)13-10-5-6-10/h9-10H,2-8H2,1H3,(H2,12,13). The molecule has 3 nitrogen and oxygen atoms in total. The summed E-state index contributed by atoms with van der Waals surface area (Å²) in [6, 6.07) is 0.553. The van der Waals surface area contributed by atoms with Crippen LogP contribution in [0.4, 0.5) is 0 Å². The Kier molecular flexibility index (Phi) is 2.94. The SMILES string of the molecule is CCC1CCCN(C(N)=NC2CC2)C1. The number of guanidine groups is 1. The molecule has 14 heavy (non-hydrogen) atoms. The average Bonchev–Trinajstić information content (AvgIpc) is 3.02. The Morgan fingerprint density at radius 1 is 1.43 bits per heavy atom. The maximum absolute atomic E-state index is 5.98. The summed E-state index contributed by atoms with van der Waals surface area (Å²) in [7, 11) is 0. The van der Waals surface area contributed by atoms with E-state index in [9.17, 15) is 0 Å². The fourth-order valence-corrected chi connectivity index (χ4v) is 2.08. The molecule has 0 aromatic rings. The van der Waals surface area contributed by atoms with E-state index in [2.05, 4.69) is 16.8 Å². The molecule has 0 bridgehead atoms. The first-order valence-corrected chi connectivity index (χ1v) is 5.87. The third-order valence-electron chi connectivity index (χ3n) is 3.28. The van der Waals surface area contributed by atoms with E-state index in [4.69, 9.17) is 5.73 Å². The predicted molar refractivity (Wildman–Crippen MR) is 59.2 cm³/mol. The number of nitrogens with two attached hydrogens (primary N) is 1. The van der Waals surface area contributed by atoms with Crippen LogP contribution in [0, 0.1) is 5.92 Å². The monoisotopic (exact) mass is 195 g/mol. The van der Waals surface area contributed by atoms with Crippen LogP contribution in [0.15, 0.2) is 4.99 Å². The lowest BCUT2D eigenvalue weighted by atomic mass is 9.96. The first-order valence-electron chi connectivity index (χ1n) is 5.87. The van der Waals surface area contributed by atoms with Crippen molar-refractivity contribution in [1.82, 2.24) is 4.90 Å². The number of hydrogen-bond acceptors (Lipinski definition) is 1. The van der Waals surface area contributed by atoms with E-state index in [0.717, 1.165) is 25.0 Å². The molecule has 1 aliphatic heterocycles. The van der Waals surface area contributed by atoms with Crippen molar-refractivity contribution in [2.75, 3.05) is 13.1 Å². The van der Waals surface area contributed by atoms with Gasteiger partial charge in [0, 0.05) is 13.1 Å². The van der Waals surface area contributed by atoms with E-state index < -0.39 is 0 Å². The Morgan fingerprint density at radius 3 is 2.86 bits per heavy atom. The Hall–Kier alpha value is -0.730. The second kappa shape index (κ2) is 4.20. The summed E-state index contributed by atoms with van der Waals surface area (Å²) in [5, 5.41) is 0. The highest BCUT2D eigenvalue weighted by Crippen LogP contribution is 2.24. The number of aliphatic imine (C=N–C) groups is 1. The lowest BCUT2D eigenvalue weighted by Crippen LogP contribution is -2.44. The Morgan fingerprint density at radius 2 is 2.21 bits per heavy atom. The molecule has 2 aliphatic rings. The third kappa shape index (κ3) is 2.40. The minimum absolute atomic E-state index is 0.553. The van der Waals surface area contributed by atoms with Crippen LogP contribution < -0.4 is 5.73 Å². The van der Waals surface area contributed by atoms with Gasteiger partial charge in [-0.15, -0.1) is 0 Å². The van der Waals surface area contributed by atoms with Crippen LogP contribution in [0.2, 0.25) is 0 Å². The van der Waals surface area contributed by atoms with Gasteiger partial charge < -0.3 is 10.6 Å². The van der Waals surface area contributed by atoms with E-state index in [-0.39, 0.29) is 0 Å². The second-order valence-corrected chi connectivity index (χ2v) is 4.58. The van der Waals surface area contributed by atoms with Gasteiger partial charge in [-0.2, -0.15) is 0 Å². The van der Waals surface area contributed by atoms with Crippen LogP contribution in [0.25, 0.3) is 0 Å². The third-order valence-corrected chi connectivity index (χ3v) is 3.28. The Bertz CT molecular complexity index is 221. The zero-order valence-electron chi connectivity index (χ0n) is 9.08. The minimum atomic E-state index is 0.553. The van der Waals surface area contributed by atoms with E-state index in [1.54, 1.807) is 0 Å². The largest absolute Gasteiger partial charge is 0.370 e. The van der Waals surface area contributed by atoms with Crippen LogP contribution in [-0.2, 0) is 0 Å². The second-order valence-electron chi connectivity index (χ2n) is 4.58. The number of nitrogens with zero attached hydrogens (tertiary/aromatic N) is 2. The van der Waals surface area contributed by atoms with Crippen molar-refractivity contribution in [3.63, 3.8) is 0 Å². The summed E-state index contributed by atoms with van der Waals surface area (Å²) in [4.78, 5) is 6.78. The van der Waals surface area contributed by atoms with Gasteiger partial charge in [0.05, 0.1) is 6.04 Å². The van der Waals surface area contributed by atoms with Crippen molar-refractivity contribution in [2.45, 2.75) is 45.1 Å². The van der Waals surface area contributed by atoms with Crippen LogP contribution >= 0.6 is 0 Å². The predicted octanol–water partition coefficient (Wildman–Crippen LogP) is 1.59. The normalized spacial score (nSPS) is 29.4. The molecule has 0 radical (unpaired) electrons. The van der Waals surface area contributed by atoms with E-state index in [0.29, 0.717) is 6.04 Å². The van der Waals surface area contributed by atoms with Crippen molar-refractivity contribution in [3.8, 4) is 0 Å². The van der Waals surface area contributed by atoms with Gasteiger partial charge in [-0.05, 0) is 31.6 Å². The van der Waals surface area contributed by atoms with Gasteiger partial charge in [0.2, 0.25) is 0 Å². The van der Waals surface area contributed by atoms with Gasteiger partial charge in [0.15, 0.2) is 5.96 Å². The Labute approximate surface area is 86.4 Å². The van der Waals surface area contributed by atoms with Crippen molar-refractivity contribution >= 4 is 5.96 Å². The summed E-state index contributed by atoms with van der Waals surface area (Å²) < 4.78 is 0. The fourth-order valence-electron chi connectivity index (χ4n) is 2.08. The molecule has 1 saturated heterocycles. The number of rotatable bonds is 2. The van der Waals surface area contributed by atoms with Crippen LogP contribution in [0.3, 0.4) is 0 Å². The average molecular weight is 195 g/mol. The summed E-state index contributed by atoms with van der Waals surface area (Å²) in [5.41, 5.74) is 5.98. The molecule has 1 unspecified atom stereocenters. The molecule has 0 aromatic carbocycles. The van der Waals surface area contributed by atoms with Gasteiger partial charge in [-0.3, -0.25) is 0 Å². The molecule has 3 heteroatoms. The minimum Gasteiger partial charge on any atom is -0.370 e. The molecule has 1 saturated carbocycles. The van der Waals surface area contributed by atoms with Crippen LogP contribution in [0.1, 0.15) is 39.0 Å². The molecule has 0 amide bonds. The highest BCUT2D eigenvalue weighted by molar-refractivity contribution is 5.78. The Balaban J connectivity index is 1.89. The van der Waals surface area contributed by atoms with Gasteiger partial charge >= 0.3 is 0 Å². The molecule has 2 rings (SSSR count). The summed E-state index contributed by atoms with van der Waals surface area (Å²) in [6.45, 7) is 4.50. The van der Waals surface area contributed by atoms with E-state index in [1.807, 2.05) is 0 Å². The topological polar surface area (TPSA) is 41.6 Å². The van der Waals surface area contributed by atoms with Crippen LogP contribution in [-0.4, -0.2) is 30.0 Å². The molecule has 1 atom stereocenters. The highest BCUT2D eigenvalue weighted by atomic mass is 15.3. The van der Waals surface area contributed by atoms with Crippen molar-refractivity contribution in [1.29, 1.82) is 0 Å². The number of piperidine rings is 1.